The van der Waals surface area contributed by atoms with Crippen molar-refractivity contribution in [2.24, 2.45) is 5.41 Å². The molecule has 0 heterocycles. The third kappa shape index (κ3) is 5.92. The first-order valence-electron chi connectivity index (χ1n) is 10.8. The number of benzene rings is 3. The number of hydrogen-bond acceptors (Lipinski definition) is 1. The fourth-order valence-corrected chi connectivity index (χ4v) is 7.05. The maximum Gasteiger partial charge on any atom is 0.0976 e. The van der Waals surface area contributed by atoms with E-state index in [4.69, 9.17) is 0 Å². The van der Waals surface area contributed by atoms with Crippen molar-refractivity contribution >= 4 is 34.8 Å². The maximum atomic E-state index is 13.1. The molecule has 0 aliphatic rings. The molecule has 0 aliphatic heterocycles. The van der Waals surface area contributed by atoms with Crippen molar-refractivity contribution in [3.05, 3.63) is 90.5 Å². The van der Waals surface area contributed by atoms with Crippen LogP contribution >= 0.6 is 7.92 Å². The van der Waals surface area contributed by atoms with E-state index < -0.39 is 18.9 Å². The minimum Gasteiger partial charge on any atom is -0.242 e. The number of nitrogens with one attached hydrogen (secondary N) is 1. The summed E-state index contributed by atoms with van der Waals surface area (Å²) in [4.78, 5) is 0. The molecule has 2 nitrogen and oxygen atoms in total. The summed E-state index contributed by atoms with van der Waals surface area (Å²) in [5.41, 5.74) is 1.12. The van der Waals surface area contributed by atoms with Gasteiger partial charge in [0.15, 0.2) is 0 Å². The summed E-state index contributed by atoms with van der Waals surface area (Å²) >= 11 is 0. The summed E-state index contributed by atoms with van der Waals surface area (Å²) in [6, 6.07) is 30.1. The van der Waals surface area contributed by atoms with Gasteiger partial charge in [-0.3, -0.25) is 0 Å². The van der Waals surface area contributed by atoms with Crippen molar-refractivity contribution < 1.29 is 4.21 Å². The lowest BCUT2D eigenvalue weighted by atomic mass is 9.83. The van der Waals surface area contributed by atoms with Crippen molar-refractivity contribution in [3.8, 4) is 0 Å². The van der Waals surface area contributed by atoms with Crippen LogP contribution in [0.4, 0.5) is 0 Å². The summed E-state index contributed by atoms with van der Waals surface area (Å²) in [7, 11) is -1.91. The zero-order valence-electron chi connectivity index (χ0n) is 19.4. The SMILES string of the molecule is CC(C)(C)[C@@H](N[S@@](=O)C(C)(C)C)c1ccccc1P(c1ccccc1)c1ccccc1. The molecule has 3 aromatic carbocycles. The Morgan fingerprint density at radius 1 is 0.710 bits per heavy atom. The van der Waals surface area contributed by atoms with Gasteiger partial charge in [-0.15, -0.1) is 0 Å². The molecule has 3 rings (SSSR count). The quantitative estimate of drug-likeness (QED) is 0.487. The molecule has 2 atom stereocenters. The fourth-order valence-electron chi connectivity index (χ4n) is 3.51. The normalized spacial score (nSPS) is 14.4. The van der Waals surface area contributed by atoms with E-state index in [-0.39, 0.29) is 16.2 Å². The summed E-state index contributed by atoms with van der Waals surface area (Å²) in [5.74, 6) is 0. The minimum absolute atomic E-state index is 0.0406. The second kappa shape index (κ2) is 9.77. The second-order valence-electron chi connectivity index (χ2n) is 9.86. The average molecular weight is 452 g/mol. The van der Waals surface area contributed by atoms with E-state index in [9.17, 15) is 4.21 Å². The highest BCUT2D eigenvalue weighted by molar-refractivity contribution is 7.84. The Hall–Kier alpha value is -1.80. The van der Waals surface area contributed by atoms with Gasteiger partial charge in [0.1, 0.15) is 0 Å². The predicted molar refractivity (Wildman–Crippen MR) is 138 cm³/mol. The molecular formula is C27H34NOPS. The maximum absolute atomic E-state index is 13.1. The van der Waals surface area contributed by atoms with Crippen LogP contribution in [0.5, 0.6) is 0 Å². The molecular weight excluding hydrogens is 417 g/mol. The van der Waals surface area contributed by atoms with Gasteiger partial charge < -0.3 is 0 Å². The number of hydrogen-bond donors (Lipinski definition) is 1. The summed E-state index contributed by atoms with van der Waals surface area (Å²) in [6.07, 6.45) is 0. The summed E-state index contributed by atoms with van der Waals surface area (Å²) in [6.45, 7) is 12.7. The molecule has 0 fully saturated rings. The largest absolute Gasteiger partial charge is 0.242 e. The highest BCUT2D eigenvalue weighted by Crippen LogP contribution is 2.40. The molecule has 4 heteroatoms. The Bertz CT molecular complexity index is 967. The molecule has 0 saturated heterocycles. The van der Waals surface area contributed by atoms with E-state index in [0.717, 1.165) is 0 Å². The smallest absolute Gasteiger partial charge is 0.0976 e. The Labute approximate surface area is 191 Å². The summed E-state index contributed by atoms with van der Waals surface area (Å²) < 4.78 is 16.3. The zero-order chi connectivity index (χ0) is 22.6. The van der Waals surface area contributed by atoms with E-state index in [1.165, 1.54) is 21.5 Å². The first-order valence-corrected chi connectivity index (χ1v) is 13.3. The molecule has 0 saturated carbocycles. The standard InChI is InChI=1S/C27H34NOPS/c1-26(2,3)25(28-31(29)27(4,5)6)23-19-13-14-20-24(23)30(21-15-9-7-10-16-21)22-17-11-8-12-18-22/h7-20,25,28H,1-6H3/t25-,31-/m0/s1. The molecule has 0 aliphatic carbocycles. The van der Waals surface area contributed by atoms with Crippen molar-refractivity contribution in [2.75, 3.05) is 0 Å². The molecule has 0 spiro atoms. The lowest BCUT2D eigenvalue weighted by Gasteiger charge is -2.36. The third-order valence-corrected chi connectivity index (χ3v) is 9.24. The highest BCUT2D eigenvalue weighted by Gasteiger charge is 2.34. The molecule has 31 heavy (non-hydrogen) atoms. The van der Waals surface area contributed by atoms with Crippen LogP contribution < -0.4 is 20.6 Å². The summed E-state index contributed by atoms with van der Waals surface area (Å²) in [5, 5.41) is 3.95. The first kappa shape index (κ1) is 23.9. The Morgan fingerprint density at radius 3 is 1.61 bits per heavy atom. The molecule has 3 aromatic rings. The van der Waals surface area contributed by atoms with E-state index in [1.54, 1.807) is 0 Å². The minimum atomic E-state index is -1.17. The van der Waals surface area contributed by atoms with Crippen molar-refractivity contribution in [1.82, 2.24) is 4.72 Å². The average Bonchev–Trinajstić information content (AvgIpc) is 2.73. The van der Waals surface area contributed by atoms with E-state index in [2.05, 4.69) is 110 Å². The van der Waals surface area contributed by atoms with Gasteiger partial charge in [0.2, 0.25) is 0 Å². The van der Waals surface area contributed by atoms with E-state index in [0.29, 0.717) is 0 Å². The van der Waals surface area contributed by atoms with Crippen LogP contribution in [0.1, 0.15) is 53.1 Å². The van der Waals surface area contributed by atoms with Crippen LogP contribution in [-0.4, -0.2) is 8.96 Å². The molecule has 0 bridgehead atoms. The van der Waals surface area contributed by atoms with Gasteiger partial charge in [0.25, 0.3) is 0 Å². The van der Waals surface area contributed by atoms with Gasteiger partial charge in [-0.25, -0.2) is 8.93 Å². The second-order valence-corrected chi connectivity index (χ2v) is 14.0. The lowest BCUT2D eigenvalue weighted by molar-refractivity contribution is 0.308. The fraction of sp³-hybridized carbons (Fsp3) is 0.333. The Morgan fingerprint density at radius 2 is 1.16 bits per heavy atom. The topological polar surface area (TPSA) is 29.1 Å². The van der Waals surface area contributed by atoms with Crippen LogP contribution in [0.3, 0.4) is 0 Å². The van der Waals surface area contributed by atoms with E-state index >= 15 is 0 Å². The Balaban J connectivity index is 2.18. The molecule has 0 radical (unpaired) electrons. The first-order chi connectivity index (χ1) is 14.6. The van der Waals surface area contributed by atoms with E-state index in [1.807, 2.05) is 20.8 Å². The van der Waals surface area contributed by atoms with Gasteiger partial charge in [-0.05, 0) is 55.6 Å². The highest BCUT2D eigenvalue weighted by atomic mass is 32.2. The van der Waals surface area contributed by atoms with Crippen molar-refractivity contribution in [1.29, 1.82) is 0 Å². The zero-order valence-corrected chi connectivity index (χ0v) is 21.1. The van der Waals surface area contributed by atoms with Gasteiger partial charge in [0, 0.05) is 6.04 Å². The third-order valence-electron chi connectivity index (χ3n) is 5.16. The molecule has 164 valence electrons. The van der Waals surface area contributed by atoms with Gasteiger partial charge in [-0.2, -0.15) is 0 Å². The van der Waals surface area contributed by atoms with Gasteiger partial charge >= 0.3 is 0 Å². The Kier molecular flexibility index (Phi) is 7.52. The van der Waals surface area contributed by atoms with Crippen molar-refractivity contribution in [3.63, 3.8) is 0 Å². The molecule has 0 aromatic heterocycles. The van der Waals surface area contributed by atoms with Crippen LogP contribution in [0.2, 0.25) is 0 Å². The molecule has 0 unspecified atom stereocenters. The van der Waals surface area contributed by atoms with Crippen LogP contribution in [0.15, 0.2) is 84.9 Å². The molecule has 1 N–H and O–H groups in total. The van der Waals surface area contributed by atoms with Crippen molar-refractivity contribution in [2.45, 2.75) is 52.3 Å². The van der Waals surface area contributed by atoms with Crippen LogP contribution in [0, 0.1) is 5.41 Å². The lowest BCUT2D eigenvalue weighted by Crippen LogP contribution is -2.42. The predicted octanol–water partition coefficient (Wildman–Crippen LogP) is 5.58. The van der Waals surface area contributed by atoms with Gasteiger partial charge in [-0.1, -0.05) is 106 Å². The van der Waals surface area contributed by atoms with Crippen LogP contribution in [-0.2, 0) is 11.0 Å². The van der Waals surface area contributed by atoms with Gasteiger partial charge in [0.05, 0.1) is 15.7 Å². The van der Waals surface area contributed by atoms with Crippen LogP contribution in [0.25, 0.3) is 0 Å². The number of rotatable bonds is 6. The monoisotopic (exact) mass is 451 g/mol. The molecule has 0 amide bonds.